The number of likely N-dealkylation sites (tertiary alicyclic amines) is 1. The third kappa shape index (κ3) is 2.19. The van der Waals surface area contributed by atoms with Crippen molar-refractivity contribution in [3.05, 3.63) is 40.8 Å². The maximum atomic E-state index is 12.0. The number of hydrogen-bond donors (Lipinski definition) is 1. The predicted molar refractivity (Wildman–Crippen MR) is 69.7 cm³/mol. The first-order valence-electron chi connectivity index (χ1n) is 5.68. The van der Waals surface area contributed by atoms with E-state index in [0.717, 1.165) is 5.56 Å². The van der Waals surface area contributed by atoms with E-state index in [-0.39, 0.29) is 11.9 Å². The molecule has 5 nitrogen and oxygen atoms in total. The van der Waals surface area contributed by atoms with Crippen molar-refractivity contribution < 1.29 is 4.79 Å². The Morgan fingerprint density at radius 1 is 1.39 bits per heavy atom. The van der Waals surface area contributed by atoms with E-state index in [1.807, 2.05) is 21.7 Å². The zero-order valence-corrected chi connectivity index (χ0v) is 10.4. The molecule has 3 heterocycles. The smallest absolute Gasteiger partial charge is 0.254 e. The molecule has 1 aliphatic rings. The highest BCUT2D eigenvalue weighted by molar-refractivity contribution is 7.08. The second kappa shape index (κ2) is 4.73. The summed E-state index contributed by atoms with van der Waals surface area (Å²) in [6.07, 6.45) is 3.39. The third-order valence-corrected chi connectivity index (χ3v) is 3.52. The van der Waals surface area contributed by atoms with Gasteiger partial charge in [-0.1, -0.05) is 0 Å². The molecule has 0 unspecified atom stereocenters. The van der Waals surface area contributed by atoms with E-state index < -0.39 is 0 Å². The lowest BCUT2D eigenvalue weighted by molar-refractivity contribution is 0.0625. The van der Waals surface area contributed by atoms with Gasteiger partial charge in [0, 0.05) is 30.9 Å². The highest BCUT2D eigenvalue weighted by Crippen LogP contribution is 2.17. The Kier molecular flexibility index (Phi) is 2.93. The van der Waals surface area contributed by atoms with Gasteiger partial charge in [0.2, 0.25) is 5.95 Å². The summed E-state index contributed by atoms with van der Waals surface area (Å²) in [6.45, 7) is 1.40. The minimum Gasteiger partial charge on any atom is -0.348 e. The number of amides is 1. The van der Waals surface area contributed by atoms with Gasteiger partial charge in [-0.2, -0.15) is 11.3 Å². The van der Waals surface area contributed by atoms with Crippen LogP contribution in [0.4, 0.5) is 5.95 Å². The van der Waals surface area contributed by atoms with Crippen LogP contribution < -0.4 is 5.32 Å². The van der Waals surface area contributed by atoms with Gasteiger partial charge in [0.15, 0.2) is 0 Å². The van der Waals surface area contributed by atoms with E-state index in [2.05, 4.69) is 15.3 Å². The van der Waals surface area contributed by atoms with Gasteiger partial charge in [-0.3, -0.25) is 4.79 Å². The number of anilines is 1. The fourth-order valence-electron chi connectivity index (χ4n) is 1.86. The van der Waals surface area contributed by atoms with Crippen molar-refractivity contribution in [2.24, 2.45) is 0 Å². The van der Waals surface area contributed by atoms with E-state index in [9.17, 15) is 4.79 Å². The van der Waals surface area contributed by atoms with Crippen LogP contribution in [0.5, 0.6) is 0 Å². The lowest BCUT2D eigenvalue weighted by Gasteiger charge is -2.39. The second-order valence-corrected chi connectivity index (χ2v) is 4.92. The minimum atomic E-state index is 0.100. The van der Waals surface area contributed by atoms with Crippen LogP contribution >= 0.6 is 11.3 Å². The van der Waals surface area contributed by atoms with Crippen LogP contribution in [-0.4, -0.2) is 39.9 Å². The van der Waals surface area contributed by atoms with Crippen molar-refractivity contribution in [2.45, 2.75) is 6.04 Å². The number of rotatable bonds is 3. The zero-order chi connectivity index (χ0) is 12.4. The van der Waals surface area contributed by atoms with Gasteiger partial charge in [-0.05, 0) is 17.5 Å². The van der Waals surface area contributed by atoms with Crippen molar-refractivity contribution in [3.63, 3.8) is 0 Å². The fourth-order valence-corrected chi connectivity index (χ4v) is 2.49. The Morgan fingerprint density at radius 3 is 2.83 bits per heavy atom. The van der Waals surface area contributed by atoms with Crippen LogP contribution in [-0.2, 0) is 0 Å². The van der Waals surface area contributed by atoms with Crippen LogP contribution in [0.1, 0.15) is 10.4 Å². The summed E-state index contributed by atoms with van der Waals surface area (Å²) in [5, 5.41) is 6.99. The molecular formula is C12H12N4OS. The van der Waals surface area contributed by atoms with E-state index in [4.69, 9.17) is 0 Å². The third-order valence-electron chi connectivity index (χ3n) is 2.84. The molecule has 0 atom stereocenters. The Morgan fingerprint density at radius 2 is 2.17 bits per heavy atom. The molecule has 1 saturated heterocycles. The number of thiophene rings is 1. The molecule has 6 heteroatoms. The maximum Gasteiger partial charge on any atom is 0.254 e. The number of carbonyl (C=O) groups is 1. The summed E-state index contributed by atoms with van der Waals surface area (Å²) >= 11 is 1.54. The largest absolute Gasteiger partial charge is 0.348 e. The van der Waals surface area contributed by atoms with E-state index in [1.54, 1.807) is 29.8 Å². The normalized spacial score (nSPS) is 15.2. The summed E-state index contributed by atoms with van der Waals surface area (Å²) in [5.41, 5.74) is 0.773. The molecule has 0 radical (unpaired) electrons. The Balaban J connectivity index is 1.53. The first kappa shape index (κ1) is 11.2. The maximum absolute atomic E-state index is 12.0. The first-order valence-corrected chi connectivity index (χ1v) is 6.62. The molecule has 0 aliphatic carbocycles. The van der Waals surface area contributed by atoms with Gasteiger partial charge < -0.3 is 10.2 Å². The van der Waals surface area contributed by atoms with Gasteiger partial charge in [-0.25, -0.2) is 9.97 Å². The molecule has 3 rings (SSSR count). The first-order chi connectivity index (χ1) is 8.83. The van der Waals surface area contributed by atoms with Crippen molar-refractivity contribution in [1.29, 1.82) is 0 Å². The molecule has 2 aromatic rings. The van der Waals surface area contributed by atoms with Crippen molar-refractivity contribution in [1.82, 2.24) is 14.9 Å². The lowest BCUT2D eigenvalue weighted by Crippen LogP contribution is -2.57. The summed E-state index contributed by atoms with van der Waals surface area (Å²) in [6, 6.07) is 3.88. The summed E-state index contributed by atoms with van der Waals surface area (Å²) in [5.74, 6) is 0.716. The van der Waals surface area contributed by atoms with Crippen LogP contribution in [0.2, 0.25) is 0 Å². The van der Waals surface area contributed by atoms with Crippen molar-refractivity contribution in [2.75, 3.05) is 18.4 Å². The lowest BCUT2D eigenvalue weighted by atomic mass is 10.1. The van der Waals surface area contributed by atoms with Crippen molar-refractivity contribution in [3.8, 4) is 0 Å². The summed E-state index contributed by atoms with van der Waals surface area (Å²) in [7, 11) is 0. The molecule has 92 valence electrons. The predicted octanol–water partition coefficient (Wildman–Crippen LogP) is 1.47. The number of nitrogens with one attached hydrogen (secondary N) is 1. The number of nitrogens with zero attached hydrogens (tertiary/aromatic N) is 3. The van der Waals surface area contributed by atoms with Crippen molar-refractivity contribution >= 4 is 23.2 Å². The number of aromatic nitrogens is 2. The quantitative estimate of drug-likeness (QED) is 0.908. The highest BCUT2D eigenvalue weighted by Gasteiger charge is 2.31. The van der Waals surface area contributed by atoms with Crippen LogP contribution in [0.3, 0.4) is 0 Å². The van der Waals surface area contributed by atoms with Crippen LogP contribution in [0, 0.1) is 0 Å². The highest BCUT2D eigenvalue weighted by atomic mass is 32.1. The average molecular weight is 260 g/mol. The standard InChI is InChI=1S/C12H12N4OS/c17-11(9-2-5-18-8-9)16-6-10(7-16)15-12-13-3-1-4-14-12/h1-5,8,10H,6-7H2,(H,13,14,15). The fraction of sp³-hybridized carbons (Fsp3) is 0.250. The van der Waals surface area contributed by atoms with E-state index >= 15 is 0 Å². The van der Waals surface area contributed by atoms with Gasteiger partial charge in [0.25, 0.3) is 5.91 Å². The number of hydrogen-bond acceptors (Lipinski definition) is 5. The second-order valence-electron chi connectivity index (χ2n) is 4.14. The van der Waals surface area contributed by atoms with Gasteiger partial charge in [0.1, 0.15) is 0 Å². The number of carbonyl (C=O) groups excluding carboxylic acids is 1. The molecule has 1 N–H and O–H groups in total. The van der Waals surface area contributed by atoms with Crippen LogP contribution in [0.15, 0.2) is 35.3 Å². The van der Waals surface area contributed by atoms with Crippen LogP contribution in [0.25, 0.3) is 0 Å². The molecule has 1 amide bonds. The summed E-state index contributed by atoms with van der Waals surface area (Å²) in [4.78, 5) is 22.0. The van der Waals surface area contributed by atoms with E-state index in [1.165, 1.54) is 0 Å². The average Bonchev–Trinajstić information content (AvgIpc) is 2.87. The summed E-state index contributed by atoms with van der Waals surface area (Å²) < 4.78 is 0. The Labute approximate surface area is 108 Å². The molecule has 18 heavy (non-hydrogen) atoms. The molecular weight excluding hydrogens is 248 g/mol. The monoisotopic (exact) mass is 260 g/mol. The zero-order valence-electron chi connectivity index (χ0n) is 9.61. The van der Waals surface area contributed by atoms with Gasteiger partial charge >= 0.3 is 0 Å². The minimum absolute atomic E-state index is 0.100. The van der Waals surface area contributed by atoms with E-state index in [0.29, 0.717) is 19.0 Å². The Hall–Kier alpha value is -1.95. The Bertz CT molecular complexity index is 522. The SMILES string of the molecule is O=C(c1ccsc1)N1CC(Nc2ncccn2)C1. The van der Waals surface area contributed by atoms with Gasteiger partial charge in [-0.15, -0.1) is 0 Å². The molecule has 0 bridgehead atoms. The molecule has 1 aliphatic heterocycles. The molecule has 2 aromatic heterocycles. The van der Waals surface area contributed by atoms with Gasteiger partial charge in [0.05, 0.1) is 11.6 Å². The molecule has 0 saturated carbocycles. The topological polar surface area (TPSA) is 58.1 Å². The molecule has 1 fully saturated rings. The molecule has 0 spiro atoms. The molecule has 0 aromatic carbocycles.